The summed E-state index contributed by atoms with van der Waals surface area (Å²) < 4.78 is 0. The molecule has 0 unspecified atom stereocenters. The molecular weight excluding hydrogens is 258 g/mol. The zero-order valence-corrected chi connectivity index (χ0v) is 12.8. The lowest BCUT2D eigenvalue weighted by Gasteiger charge is -2.45. The number of hydrogen-bond donors (Lipinski definition) is 2. The van der Waals surface area contributed by atoms with Crippen LogP contribution in [0.2, 0.25) is 0 Å². The van der Waals surface area contributed by atoms with Crippen LogP contribution in [0.25, 0.3) is 0 Å². The van der Waals surface area contributed by atoms with E-state index in [0.29, 0.717) is 13.0 Å². The molecule has 1 rings (SSSR count). The first-order valence-corrected chi connectivity index (χ1v) is 7.29. The third-order valence-electron chi connectivity index (χ3n) is 3.95. The Balaban J connectivity index is 2.18. The quantitative estimate of drug-likeness (QED) is 0.723. The summed E-state index contributed by atoms with van der Waals surface area (Å²) >= 11 is 0. The molecule has 0 aliphatic carbocycles. The number of piperazine rings is 1. The van der Waals surface area contributed by atoms with Gasteiger partial charge in [-0.1, -0.05) is 6.42 Å². The first kappa shape index (κ1) is 16.8. The van der Waals surface area contributed by atoms with Gasteiger partial charge in [0.15, 0.2) is 0 Å². The van der Waals surface area contributed by atoms with Gasteiger partial charge in [0.25, 0.3) is 0 Å². The second-order valence-corrected chi connectivity index (χ2v) is 6.09. The van der Waals surface area contributed by atoms with E-state index in [1.165, 1.54) is 0 Å². The van der Waals surface area contributed by atoms with Gasteiger partial charge in [0.1, 0.15) is 0 Å². The summed E-state index contributed by atoms with van der Waals surface area (Å²) in [4.78, 5) is 26.5. The van der Waals surface area contributed by atoms with Crippen molar-refractivity contribution in [2.45, 2.75) is 45.1 Å². The van der Waals surface area contributed by atoms with Crippen molar-refractivity contribution in [2.75, 3.05) is 33.2 Å². The molecule has 1 aliphatic heterocycles. The molecule has 1 fully saturated rings. The number of likely N-dealkylation sites (N-methyl/N-ethyl adjacent to an activating group) is 1. The van der Waals surface area contributed by atoms with Gasteiger partial charge < -0.3 is 15.3 Å². The van der Waals surface area contributed by atoms with Crippen LogP contribution in [0.1, 0.15) is 39.5 Å². The van der Waals surface area contributed by atoms with Crippen molar-refractivity contribution in [3.63, 3.8) is 0 Å². The highest BCUT2D eigenvalue weighted by molar-refractivity contribution is 5.74. The number of carboxylic acid groups (broad SMARTS) is 1. The van der Waals surface area contributed by atoms with Crippen LogP contribution >= 0.6 is 0 Å². The van der Waals surface area contributed by atoms with Crippen molar-refractivity contribution in [1.29, 1.82) is 0 Å². The number of carbonyl (C=O) groups excluding carboxylic acids is 1. The van der Waals surface area contributed by atoms with E-state index in [1.54, 1.807) is 0 Å². The van der Waals surface area contributed by atoms with Crippen molar-refractivity contribution in [3.8, 4) is 0 Å². The zero-order chi connectivity index (χ0) is 15.2. The Bertz CT molecular complexity index is 345. The SMILES string of the molecule is CN1CCN(C(=O)NCCCCCC(=O)O)CC1(C)C. The molecule has 0 atom stereocenters. The average Bonchev–Trinajstić information content (AvgIpc) is 2.36. The predicted octanol–water partition coefficient (Wildman–Crippen LogP) is 1.37. The van der Waals surface area contributed by atoms with Gasteiger partial charge in [0.2, 0.25) is 0 Å². The number of rotatable bonds is 6. The van der Waals surface area contributed by atoms with Gasteiger partial charge >= 0.3 is 12.0 Å². The summed E-state index contributed by atoms with van der Waals surface area (Å²) in [5, 5.41) is 11.4. The Labute approximate surface area is 121 Å². The van der Waals surface area contributed by atoms with E-state index < -0.39 is 5.97 Å². The van der Waals surface area contributed by atoms with Crippen LogP contribution < -0.4 is 5.32 Å². The topological polar surface area (TPSA) is 72.9 Å². The normalized spacial score (nSPS) is 18.9. The third-order valence-corrected chi connectivity index (χ3v) is 3.95. The molecule has 0 bridgehead atoms. The van der Waals surface area contributed by atoms with Crippen molar-refractivity contribution >= 4 is 12.0 Å². The van der Waals surface area contributed by atoms with E-state index >= 15 is 0 Å². The summed E-state index contributed by atoms with van der Waals surface area (Å²) in [5.74, 6) is -0.756. The maximum atomic E-state index is 12.0. The molecule has 2 N–H and O–H groups in total. The van der Waals surface area contributed by atoms with Gasteiger partial charge in [0, 0.05) is 38.1 Å². The van der Waals surface area contributed by atoms with Crippen LogP contribution in [-0.4, -0.2) is 65.7 Å². The van der Waals surface area contributed by atoms with Crippen molar-refractivity contribution in [2.24, 2.45) is 0 Å². The molecule has 1 aliphatic rings. The lowest BCUT2D eigenvalue weighted by molar-refractivity contribution is -0.137. The Morgan fingerprint density at radius 2 is 1.90 bits per heavy atom. The predicted molar refractivity (Wildman–Crippen MR) is 77.8 cm³/mol. The molecule has 1 heterocycles. The second kappa shape index (κ2) is 7.47. The van der Waals surface area contributed by atoms with E-state index in [4.69, 9.17) is 5.11 Å². The Morgan fingerprint density at radius 1 is 1.20 bits per heavy atom. The minimum absolute atomic E-state index is 0.00981. The van der Waals surface area contributed by atoms with Crippen LogP contribution in [0.15, 0.2) is 0 Å². The van der Waals surface area contributed by atoms with Crippen LogP contribution in [-0.2, 0) is 4.79 Å². The lowest BCUT2D eigenvalue weighted by atomic mass is 10.0. The van der Waals surface area contributed by atoms with Crippen molar-refractivity contribution in [3.05, 3.63) is 0 Å². The standard InChI is InChI=1S/C14H27N3O3/c1-14(2)11-17(10-9-16(14)3)13(20)15-8-6-4-5-7-12(18)19/h4-11H2,1-3H3,(H,15,20)(H,18,19). The van der Waals surface area contributed by atoms with Crippen molar-refractivity contribution in [1.82, 2.24) is 15.1 Å². The highest BCUT2D eigenvalue weighted by Crippen LogP contribution is 2.18. The van der Waals surface area contributed by atoms with Gasteiger partial charge in [-0.05, 0) is 33.7 Å². The average molecular weight is 285 g/mol. The van der Waals surface area contributed by atoms with Crippen LogP contribution in [0.4, 0.5) is 4.79 Å². The summed E-state index contributed by atoms with van der Waals surface area (Å²) in [7, 11) is 2.08. The molecule has 0 aromatic carbocycles. The van der Waals surface area contributed by atoms with E-state index in [1.807, 2.05) is 4.90 Å². The maximum absolute atomic E-state index is 12.0. The fraction of sp³-hybridized carbons (Fsp3) is 0.857. The fourth-order valence-electron chi connectivity index (χ4n) is 2.30. The largest absolute Gasteiger partial charge is 0.481 e. The minimum atomic E-state index is -0.756. The summed E-state index contributed by atoms with van der Waals surface area (Å²) in [6.07, 6.45) is 2.55. The number of carbonyl (C=O) groups is 2. The van der Waals surface area contributed by atoms with Gasteiger partial charge in [-0.2, -0.15) is 0 Å². The van der Waals surface area contributed by atoms with Crippen LogP contribution in [0, 0.1) is 0 Å². The minimum Gasteiger partial charge on any atom is -0.481 e. The monoisotopic (exact) mass is 285 g/mol. The van der Waals surface area contributed by atoms with E-state index in [-0.39, 0.29) is 18.0 Å². The van der Waals surface area contributed by atoms with Gasteiger partial charge in [0.05, 0.1) is 0 Å². The summed E-state index contributed by atoms with van der Waals surface area (Å²) in [6, 6.07) is -0.00981. The number of aliphatic carboxylic acids is 1. The second-order valence-electron chi connectivity index (χ2n) is 6.09. The molecule has 0 saturated carbocycles. The van der Waals surface area contributed by atoms with Crippen molar-refractivity contribution < 1.29 is 14.7 Å². The fourth-order valence-corrected chi connectivity index (χ4v) is 2.30. The highest BCUT2D eigenvalue weighted by atomic mass is 16.4. The molecule has 0 spiro atoms. The number of urea groups is 1. The summed E-state index contributed by atoms with van der Waals surface area (Å²) in [5.41, 5.74) is 0.0110. The Kier molecular flexibility index (Phi) is 6.26. The van der Waals surface area contributed by atoms with Gasteiger partial charge in [-0.3, -0.25) is 9.69 Å². The lowest BCUT2D eigenvalue weighted by Crippen LogP contribution is -2.60. The van der Waals surface area contributed by atoms with E-state index in [2.05, 4.69) is 31.1 Å². The molecule has 2 amide bonds. The van der Waals surface area contributed by atoms with Gasteiger partial charge in [-0.15, -0.1) is 0 Å². The Morgan fingerprint density at radius 3 is 2.50 bits per heavy atom. The van der Waals surface area contributed by atoms with E-state index in [9.17, 15) is 9.59 Å². The molecule has 6 heteroatoms. The number of hydrogen-bond acceptors (Lipinski definition) is 3. The van der Waals surface area contributed by atoms with Crippen LogP contribution in [0.5, 0.6) is 0 Å². The maximum Gasteiger partial charge on any atom is 0.317 e. The molecule has 116 valence electrons. The smallest absolute Gasteiger partial charge is 0.317 e. The third kappa shape index (κ3) is 5.36. The molecule has 0 radical (unpaired) electrons. The molecular formula is C14H27N3O3. The molecule has 0 aromatic heterocycles. The zero-order valence-electron chi connectivity index (χ0n) is 12.8. The number of nitrogens with zero attached hydrogens (tertiary/aromatic N) is 2. The first-order valence-electron chi connectivity index (χ1n) is 7.29. The number of nitrogens with one attached hydrogen (secondary N) is 1. The molecule has 0 aromatic rings. The van der Waals surface area contributed by atoms with Crippen LogP contribution in [0.3, 0.4) is 0 Å². The Hall–Kier alpha value is -1.30. The summed E-state index contributed by atoms with van der Waals surface area (Å²) in [6.45, 7) is 7.26. The number of carboxylic acids is 1. The molecule has 1 saturated heterocycles. The van der Waals surface area contributed by atoms with E-state index in [0.717, 1.165) is 32.5 Å². The number of unbranched alkanes of at least 4 members (excludes halogenated alkanes) is 2. The van der Waals surface area contributed by atoms with Gasteiger partial charge in [-0.25, -0.2) is 4.79 Å². The highest BCUT2D eigenvalue weighted by Gasteiger charge is 2.32. The number of amides is 2. The first-order chi connectivity index (χ1) is 9.33. The molecule has 6 nitrogen and oxygen atoms in total. The molecule has 20 heavy (non-hydrogen) atoms.